The maximum atomic E-state index is 12.6. The van der Waals surface area contributed by atoms with E-state index in [2.05, 4.69) is 6.07 Å². The van der Waals surface area contributed by atoms with Crippen molar-refractivity contribution in [2.75, 3.05) is 7.11 Å². The molecule has 0 radical (unpaired) electrons. The van der Waals surface area contributed by atoms with Crippen LogP contribution in [0.3, 0.4) is 0 Å². The van der Waals surface area contributed by atoms with Crippen LogP contribution >= 0.6 is 11.6 Å². The number of aromatic nitrogens is 1. The fourth-order valence-corrected chi connectivity index (χ4v) is 2.84. The van der Waals surface area contributed by atoms with Gasteiger partial charge in [0.05, 0.1) is 18.7 Å². The molecule has 1 aromatic heterocycles. The van der Waals surface area contributed by atoms with Crippen molar-refractivity contribution in [2.45, 2.75) is 31.7 Å². The predicted molar refractivity (Wildman–Crippen MR) is 85.3 cm³/mol. The van der Waals surface area contributed by atoms with Crippen molar-refractivity contribution in [3.05, 3.63) is 51.8 Å². The Morgan fingerprint density at radius 1 is 1.29 bits per heavy atom. The van der Waals surface area contributed by atoms with Crippen molar-refractivity contribution in [1.29, 1.82) is 0 Å². The Bertz CT molecular complexity index is 732. The molecule has 0 unspecified atom stereocenters. The summed E-state index contributed by atoms with van der Waals surface area (Å²) in [6.45, 7) is 2.04. The van der Waals surface area contributed by atoms with Crippen molar-refractivity contribution < 1.29 is 4.74 Å². The molecule has 1 aromatic carbocycles. The van der Waals surface area contributed by atoms with E-state index in [9.17, 15) is 4.79 Å². The van der Waals surface area contributed by atoms with E-state index in [0.717, 1.165) is 35.4 Å². The second-order valence-corrected chi connectivity index (χ2v) is 5.75. The van der Waals surface area contributed by atoms with Gasteiger partial charge in [-0.1, -0.05) is 17.7 Å². The summed E-state index contributed by atoms with van der Waals surface area (Å²) < 4.78 is 7.35. The summed E-state index contributed by atoms with van der Waals surface area (Å²) in [6, 6.07) is 10.1. The Kier molecular flexibility index (Phi) is 3.77. The van der Waals surface area contributed by atoms with Crippen LogP contribution in [-0.4, -0.2) is 11.7 Å². The van der Waals surface area contributed by atoms with E-state index in [1.165, 1.54) is 0 Å². The van der Waals surface area contributed by atoms with E-state index in [4.69, 9.17) is 16.3 Å². The van der Waals surface area contributed by atoms with Gasteiger partial charge in [-0.3, -0.25) is 4.79 Å². The minimum atomic E-state index is 0.0218. The first-order valence-corrected chi connectivity index (χ1v) is 7.64. The molecule has 1 fully saturated rings. The van der Waals surface area contributed by atoms with Crippen LogP contribution in [0.5, 0.6) is 5.75 Å². The van der Waals surface area contributed by atoms with Crippen LogP contribution in [-0.2, 0) is 5.88 Å². The Hall–Kier alpha value is -1.74. The quantitative estimate of drug-likeness (QED) is 0.802. The summed E-state index contributed by atoms with van der Waals surface area (Å²) in [5, 5.41) is 0. The molecule has 0 spiro atoms. The number of pyridine rings is 1. The normalized spacial score (nSPS) is 14.2. The minimum absolute atomic E-state index is 0.0218. The molecular weight excluding hydrogens is 286 g/mol. The average molecular weight is 304 g/mol. The number of nitrogens with zero attached hydrogens (tertiary/aromatic N) is 1. The zero-order chi connectivity index (χ0) is 15.0. The summed E-state index contributed by atoms with van der Waals surface area (Å²) in [4.78, 5) is 12.6. The average Bonchev–Trinajstić information content (AvgIpc) is 3.31. The number of halogens is 1. The van der Waals surface area contributed by atoms with Crippen molar-refractivity contribution in [3.63, 3.8) is 0 Å². The lowest BCUT2D eigenvalue weighted by molar-refractivity contribution is 0.416. The molecule has 21 heavy (non-hydrogen) atoms. The molecule has 3 rings (SSSR count). The van der Waals surface area contributed by atoms with Crippen molar-refractivity contribution in [1.82, 2.24) is 4.57 Å². The third-order valence-electron chi connectivity index (χ3n) is 3.88. The second kappa shape index (κ2) is 5.57. The highest BCUT2D eigenvalue weighted by Gasteiger charge is 2.28. The number of hydrogen-bond acceptors (Lipinski definition) is 2. The largest absolute Gasteiger partial charge is 0.496 e. The molecule has 0 saturated heterocycles. The smallest absolute Gasteiger partial charge is 0.255 e. The van der Waals surface area contributed by atoms with E-state index in [1.807, 2.05) is 35.8 Å². The molecule has 1 aliphatic carbocycles. The molecule has 1 saturated carbocycles. The molecule has 0 aliphatic heterocycles. The molecule has 0 atom stereocenters. The van der Waals surface area contributed by atoms with Gasteiger partial charge in [-0.25, -0.2) is 0 Å². The van der Waals surface area contributed by atoms with Gasteiger partial charge in [0.1, 0.15) is 5.75 Å². The van der Waals surface area contributed by atoms with Gasteiger partial charge in [-0.2, -0.15) is 0 Å². The van der Waals surface area contributed by atoms with Crippen molar-refractivity contribution >= 4 is 11.6 Å². The molecule has 0 amide bonds. The lowest BCUT2D eigenvalue weighted by atomic mass is 10.1. The summed E-state index contributed by atoms with van der Waals surface area (Å²) in [5.74, 6) is 1.03. The van der Waals surface area contributed by atoms with Crippen LogP contribution in [0.4, 0.5) is 0 Å². The van der Waals surface area contributed by atoms with Gasteiger partial charge in [0.15, 0.2) is 0 Å². The maximum Gasteiger partial charge on any atom is 0.255 e. The number of methoxy groups -OCH3 is 1. The second-order valence-electron chi connectivity index (χ2n) is 5.49. The molecular formula is C17H18ClNO2. The third-order valence-corrected chi connectivity index (χ3v) is 4.17. The van der Waals surface area contributed by atoms with E-state index in [1.54, 1.807) is 7.11 Å². The van der Waals surface area contributed by atoms with E-state index < -0.39 is 0 Å². The number of benzene rings is 1. The number of rotatable bonds is 4. The molecule has 0 bridgehead atoms. The molecule has 4 heteroatoms. The first-order chi connectivity index (χ1) is 10.2. The van der Waals surface area contributed by atoms with E-state index in [-0.39, 0.29) is 11.4 Å². The van der Waals surface area contributed by atoms with Gasteiger partial charge < -0.3 is 9.30 Å². The predicted octanol–water partition coefficient (Wildman–Crippen LogP) is 3.91. The van der Waals surface area contributed by atoms with Crippen molar-refractivity contribution in [2.24, 2.45) is 0 Å². The highest BCUT2D eigenvalue weighted by Crippen LogP contribution is 2.39. The SMILES string of the molecule is COc1ccc(C)cc1-c1ccc(CCl)c(=O)n1C1CC1. The highest BCUT2D eigenvalue weighted by atomic mass is 35.5. The summed E-state index contributed by atoms with van der Waals surface area (Å²) >= 11 is 5.87. The molecule has 110 valence electrons. The van der Waals surface area contributed by atoms with Crippen molar-refractivity contribution in [3.8, 4) is 17.0 Å². The molecule has 3 nitrogen and oxygen atoms in total. The number of ether oxygens (including phenoxy) is 1. The zero-order valence-electron chi connectivity index (χ0n) is 12.2. The lowest BCUT2D eigenvalue weighted by Gasteiger charge is -2.16. The van der Waals surface area contributed by atoms with Crippen LogP contribution in [0.2, 0.25) is 0 Å². The minimum Gasteiger partial charge on any atom is -0.496 e. The fourth-order valence-electron chi connectivity index (χ4n) is 2.63. The van der Waals surface area contributed by atoms with Gasteiger partial charge in [0, 0.05) is 17.2 Å². The van der Waals surface area contributed by atoms with Crippen LogP contribution in [0, 0.1) is 6.92 Å². The van der Waals surface area contributed by atoms with Gasteiger partial charge >= 0.3 is 0 Å². The van der Waals surface area contributed by atoms with Crippen LogP contribution in [0.1, 0.15) is 30.0 Å². The van der Waals surface area contributed by atoms with Gasteiger partial charge in [0.25, 0.3) is 5.56 Å². The molecule has 1 aliphatic rings. The monoisotopic (exact) mass is 303 g/mol. The Labute approximate surface area is 129 Å². The first kappa shape index (κ1) is 14.2. The van der Waals surface area contributed by atoms with Gasteiger partial charge in [-0.15, -0.1) is 11.6 Å². The third kappa shape index (κ3) is 2.58. The zero-order valence-corrected chi connectivity index (χ0v) is 13.0. The van der Waals surface area contributed by atoms with Crippen LogP contribution in [0.15, 0.2) is 35.1 Å². The van der Waals surface area contributed by atoms with Crippen LogP contribution in [0.25, 0.3) is 11.3 Å². The molecule has 0 N–H and O–H groups in total. The standard InChI is InChI=1S/C17H18ClNO2/c1-11-3-8-16(21-2)14(9-11)15-7-4-12(10-18)17(20)19(15)13-5-6-13/h3-4,7-9,13H,5-6,10H2,1-2H3. The summed E-state index contributed by atoms with van der Waals surface area (Å²) in [5.41, 5.74) is 3.69. The summed E-state index contributed by atoms with van der Waals surface area (Å²) in [6.07, 6.45) is 2.10. The van der Waals surface area contributed by atoms with Gasteiger partial charge in [0.2, 0.25) is 0 Å². The fraction of sp³-hybridized carbons (Fsp3) is 0.353. The molecule has 1 heterocycles. The van der Waals surface area contributed by atoms with E-state index >= 15 is 0 Å². The highest BCUT2D eigenvalue weighted by molar-refractivity contribution is 6.17. The number of aryl methyl sites for hydroxylation is 1. The Morgan fingerprint density at radius 3 is 2.67 bits per heavy atom. The topological polar surface area (TPSA) is 31.2 Å². The number of hydrogen-bond donors (Lipinski definition) is 0. The molecule has 2 aromatic rings. The Morgan fingerprint density at radius 2 is 2.05 bits per heavy atom. The first-order valence-electron chi connectivity index (χ1n) is 7.11. The maximum absolute atomic E-state index is 12.6. The van der Waals surface area contributed by atoms with Gasteiger partial charge in [-0.05, 0) is 38.0 Å². The van der Waals surface area contributed by atoms with Crippen LogP contribution < -0.4 is 10.3 Å². The number of alkyl halides is 1. The lowest BCUT2D eigenvalue weighted by Crippen LogP contribution is -2.23. The summed E-state index contributed by atoms with van der Waals surface area (Å²) in [7, 11) is 1.65. The Balaban J connectivity index is 2.26. The van der Waals surface area contributed by atoms with E-state index in [0.29, 0.717) is 11.6 Å².